The van der Waals surface area contributed by atoms with Crippen molar-refractivity contribution in [1.82, 2.24) is 4.90 Å². The number of rotatable bonds is 9. The van der Waals surface area contributed by atoms with Crippen molar-refractivity contribution in [3.63, 3.8) is 0 Å². The molecule has 1 heterocycles. The molecule has 7 heteroatoms. The Morgan fingerprint density at radius 2 is 1.73 bits per heavy atom. The van der Waals surface area contributed by atoms with Crippen LogP contribution in [0.5, 0.6) is 0 Å². The molecule has 1 amide bonds. The lowest BCUT2D eigenvalue weighted by Gasteiger charge is -2.18. The van der Waals surface area contributed by atoms with Crippen LogP contribution in [0.4, 0.5) is 5.69 Å². The molecule has 1 N–H and O–H groups in total. The fourth-order valence-corrected chi connectivity index (χ4v) is 4.68. The summed E-state index contributed by atoms with van der Waals surface area (Å²) in [4.78, 5) is 14.3. The van der Waals surface area contributed by atoms with E-state index in [1.165, 1.54) is 11.3 Å². The van der Waals surface area contributed by atoms with E-state index in [1.807, 2.05) is 31.4 Å². The Bertz CT molecular complexity index is 823. The third-order valence-electron chi connectivity index (χ3n) is 4.22. The summed E-state index contributed by atoms with van der Waals surface area (Å²) < 4.78 is 27.9. The first-order valence-electron chi connectivity index (χ1n) is 8.85. The first kappa shape index (κ1) is 20.5. The number of nitrogens with one attached hydrogen (secondary N) is 1. The van der Waals surface area contributed by atoms with Crippen molar-refractivity contribution in [3.8, 4) is 0 Å². The molecule has 0 unspecified atom stereocenters. The summed E-state index contributed by atoms with van der Waals surface area (Å²) in [6.45, 7) is 7.24. The second kappa shape index (κ2) is 9.19. The van der Waals surface area contributed by atoms with Crippen LogP contribution >= 0.6 is 11.3 Å². The molecule has 1 aromatic carbocycles. The molecule has 0 radical (unpaired) electrons. The van der Waals surface area contributed by atoms with E-state index in [4.69, 9.17) is 0 Å². The molecular formula is C19H26N2O3S2. The highest BCUT2D eigenvalue weighted by Crippen LogP contribution is 2.25. The summed E-state index contributed by atoms with van der Waals surface area (Å²) in [6, 6.07) is 6.94. The van der Waals surface area contributed by atoms with E-state index in [1.54, 1.807) is 22.4 Å². The Labute approximate surface area is 160 Å². The predicted octanol–water partition coefficient (Wildman–Crippen LogP) is 3.91. The van der Waals surface area contributed by atoms with E-state index < -0.39 is 10.0 Å². The van der Waals surface area contributed by atoms with Gasteiger partial charge in [-0.3, -0.25) is 9.52 Å². The lowest BCUT2D eigenvalue weighted by Crippen LogP contribution is -2.31. The van der Waals surface area contributed by atoms with Crippen molar-refractivity contribution >= 4 is 33.0 Å². The van der Waals surface area contributed by atoms with Gasteiger partial charge < -0.3 is 4.90 Å². The van der Waals surface area contributed by atoms with E-state index in [0.717, 1.165) is 18.4 Å². The van der Waals surface area contributed by atoms with Gasteiger partial charge in [0.2, 0.25) is 5.91 Å². The van der Waals surface area contributed by atoms with Gasteiger partial charge in [-0.2, -0.15) is 0 Å². The number of hydrogen-bond donors (Lipinski definition) is 1. The number of benzene rings is 1. The minimum atomic E-state index is -3.67. The lowest BCUT2D eigenvalue weighted by molar-refractivity contribution is -0.130. The predicted molar refractivity (Wildman–Crippen MR) is 107 cm³/mol. The maximum atomic E-state index is 12.7. The molecule has 0 aliphatic heterocycles. The quantitative estimate of drug-likeness (QED) is 0.701. The molecule has 1 aromatic heterocycles. The van der Waals surface area contributed by atoms with Crippen molar-refractivity contribution in [2.75, 3.05) is 17.8 Å². The standard InChI is InChI=1S/C19H26N2O3S2/c1-4-7-15-8-10-17(11-9-15)26(23,24)20-18-14-25-13-16(18)12-19(22)21(5-2)6-3/h8-11,13-14,20H,4-7,12H2,1-3H3. The number of sulfonamides is 1. The number of nitrogens with zero attached hydrogens (tertiary/aromatic N) is 1. The van der Waals surface area contributed by atoms with Crippen LogP contribution in [-0.4, -0.2) is 32.3 Å². The lowest BCUT2D eigenvalue weighted by atomic mass is 10.1. The number of carbonyl (C=O) groups excluding carboxylic acids is 1. The van der Waals surface area contributed by atoms with Gasteiger partial charge in [-0.1, -0.05) is 25.5 Å². The molecule has 2 aromatic rings. The number of likely N-dealkylation sites (N-methyl/N-ethyl adjacent to an activating group) is 1. The zero-order chi connectivity index (χ0) is 19.2. The summed E-state index contributed by atoms with van der Waals surface area (Å²) in [7, 11) is -3.67. The monoisotopic (exact) mass is 394 g/mol. The SMILES string of the molecule is CCCc1ccc(S(=O)(=O)Nc2cscc2CC(=O)N(CC)CC)cc1. The average molecular weight is 395 g/mol. The van der Waals surface area contributed by atoms with Gasteiger partial charge in [0.15, 0.2) is 0 Å². The van der Waals surface area contributed by atoms with E-state index in [-0.39, 0.29) is 17.2 Å². The Kier molecular flexibility index (Phi) is 7.23. The molecule has 0 spiro atoms. The molecule has 0 saturated carbocycles. The second-order valence-corrected chi connectivity index (χ2v) is 8.48. The first-order chi connectivity index (χ1) is 12.4. The van der Waals surface area contributed by atoms with E-state index in [9.17, 15) is 13.2 Å². The fraction of sp³-hybridized carbons (Fsp3) is 0.421. The summed E-state index contributed by atoms with van der Waals surface area (Å²) in [6.07, 6.45) is 2.14. The Morgan fingerprint density at radius 1 is 1.08 bits per heavy atom. The van der Waals surface area contributed by atoms with Gasteiger partial charge in [-0.05, 0) is 48.9 Å². The topological polar surface area (TPSA) is 66.5 Å². The van der Waals surface area contributed by atoms with Gasteiger partial charge in [0, 0.05) is 18.5 Å². The third kappa shape index (κ3) is 5.08. The number of carbonyl (C=O) groups is 1. The summed E-state index contributed by atoms with van der Waals surface area (Å²) in [5.41, 5.74) is 2.30. The maximum absolute atomic E-state index is 12.7. The van der Waals surface area contributed by atoms with Crippen LogP contribution in [0.3, 0.4) is 0 Å². The van der Waals surface area contributed by atoms with Crippen LogP contribution in [0.2, 0.25) is 0 Å². The number of hydrogen-bond acceptors (Lipinski definition) is 4. The van der Waals surface area contributed by atoms with Gasteiger partial charge in [-0.15, -0.1) is 11.3 Å². The number of amides is 1. The maximum Gasteiger partial charge on any atom is 0.261 e. The molecule has 0 aliphatic carbocycles. The number of aryl methyl sites for hydroxylation is 1. The van der Waals surface area contributed by atoms with Crippen LogP contribution in [0.1, 0.15) is 38.3 Å². The highest BCUT2D eigenvalue weighted by atomic mass is 32.2. The van der Waals surface area contributed by atoms with Crippen LogP contribution in [0, 0.1) is 0 Å². The molecule has 0 saturated heterocycles. The number of thiophene rings is 1. The van der Waals surface area contributed by atoms with E-state index in [2.05, 4.69) is 11.6 Å². The van der Waals surface area contributed by atoms with Crippen LogP contribution in [0.15, 0.2) is 39.9 Å². The number of anilines is 1. The normalized spacial score (nSPS) is 11.3. The van der Waals surface area contributed by atoms with Crippen molar-refractivity contribution < 1.29 is 13.2 Å². The summed E-state index contributed by atoms with van der Waals surface area (Å²) in [5, 5.41) is 3.55. The van der Waals surface area contributed by atoms with Crippen molar-refractivity contribution in [3.05, 3.63) is 46.2 Å². The molecule has 5 nitrogen and oxygen atoms in total. The van der Waals surface area contributed by atoms with Gasteiger partial charge in [-0.25, -0.2) is 8.42 Å². The zero-order valence-corrected chi connectivity index (χ0v) is 17.1. The Balaban J connectivity index is 2.15. The summed E-state index contributed by atoms with van der Waals surface area (Å²) >= 11 is 1.38. The van der Waals surface area contributed by atoms with Crippen LogP contribution in [-0.2, 0) is 27.7 Å². The highest BCUT2D eigenvalue weighted by molar-refractivity contribution is 7.92. The Hall–Kier alpha value is -1.86. The average Bonchev–Trinajstić information content (AvgIpc) is 3.03. The molecule has 2 rings (SSSR count). The summed E-state index contributed by atoms with van der Waals surface area (Å²) in [5.74, 6) is -0.00207. The molecule has 0 bridgehead atoms. The fourth-order valence-electron chi connectivity index (χ4n) is 2.73. The van der Waals surface area contributed by atoms with Crippen LogP contribution in [0.25, 0.3) is 0 Å². The minimum Gasteiger partial charge on any atom is -0.343 e. The second-order valence-electron chi connectivity index (χ2n) is 6.05. The first-order valence-corrected chi connectivity index (χ1v) is 11.3. The van der Waals surface area contributed by atoms with Crippen molar-refractivity contribution in [2.24, 2.45) is 0 Å². The molecule has 0 atom stereocenters. The Morgan fingerprint density at radius 3 is 2.31 bits per heavy atom. The van der Waals surface area contributed by atoms with Gasteiger partial charge >= 0.3 is 0 Å². The molecule has 26 heavy (non-hydrogen) atoms. The van der Waals surface area contributed by atoms with Gasteiger partial charge in [0.25, 0.3) is 10.0 Å². The molecule has 0 aliphatic rings. The van der Waals surface area contributed by atoms with Crippen molar-refractivity contribution in [2.45, 2.75) is 44.9 Å². The zero-order valence-electron chi connectivity index (χ0n) is 15.5. The van der Waals surface area contributed by atoms with Crippen LogP contribution < -0.4 is 4.72 Å². The van der Waals surface area contributed by atoms with Gasteiger partial charge in [0.1, 0.15) is 0 Å². The molecule has 142 valence electrons. The highest BCUT2D eigenvalue weighted by Gasteiger charge is 2.19. The largest absolute Gasteiger partial charge is 0.343 e. The molecule has 0 fully saturated rings. The molecular weight excluding hydrogens is 368 g/mol. The van der Waals surface area contributed by atoms with Gasteiger partial charge in [0.05, 0.1) is 17.0 Å². The van der Waals surface area contributed by atoms with E-state index in [0.29, 0.717) is 24.3 Å². The third-order valence-corrected chi connectivity index (χ3v) is 6.39. The minimum absolute atomic E-state index is 0.00207. The van der Waals surface area contributed by atoms with Crippen molar-refractivity contribution in [1.29, 1.82) is 0 Å². The van der Waals surface area contributed by atoms with E-state index >= 15 is 0 Å². The smallest absolute Gasteiger partial charge is 0.261 e.